The van der Waals surface area contributed by atoms with Gasteiger partial charge in [0.2, 0.25) is 0 Å². The first kappa shape index (κ1) is 15.5. The van der Waals surface area contributed by atoms with Crippen molar-refractivity contribution < 1.29 is 9.90 Å². The monoisotopic (exact) mass is 282 g/mol. The molecule has 0 heterocycles. The van der Waals surface area contributed by atoms with Crippen LogP contribution in [0.5, 0.6) is 0 Å². The minimum atomic E-state index is -0.695. The fraction of sp³-hybridized carbons (Fsp3) is 0.316. The lowest BCUT2D eigenvalue weighted by Gasteiger charge is -2.11. The first-order valence-electron chi connectivity index (χ1n) is 7.56. The summed E-state index contributed by atoms with van der Waals surface area (Å²) in [5.41, 5.74) is 3.07. The second kappa shape index (κ2) is 7.75. The van der Waals surface area contributed by atoms with Crippen molar-refractivity contribution in [3.63, 3.8) is 0 Å². The number of Topliss-reactive ketones (excluding diaryl/α,β-unsaturated/α-hetero) is 1. The van der Waals surface area contributed by atoms with Crippen LogP contribution >= 0.6 is 0 Å². The van der Waals surface area contributed by atoms with E-state index in [-0.39, 0.29) is 12.2 Å². The van der Waals surface area contributed by atoms with Crippen molar-refractivity contribution in [2.75, 3.05) is 0 Å². The van der Waals surface area contributed by atoms with Crippen molar-refractivity contribution in [1.29, 1.82) is 0 Å². The van der Waals surface area contributed by atoms with Crippen molar-refractivity contribution in [1.82, 2.24) is 0 Å². The molecular formula is C19H22O2. The summed E-state index contributed by atoms with van der Waals surface area (Å²) in [4.78, 5) is 11.7. The summed E-state index contributed by atoms with van der Waals surface area (Å²) in [6.07, 6.45) is 1.99. The Morgan fingerprint density at radius 1 is 1.00 bits per heavy atom. The molecule has 2 nitrogen and oxygen atoms in total. The van der Waals surface area contributed by atoms with Crippen LogP contribution in [0.3, 0.4) is 0 Å². The van der Waals surface area contributed by atoms with Gasteiger partial charge in [-0.15, -0.1) is 0 Å². The quantitative estimate of drug-likeness (QED) is 0.809. The van der Waals surface area contributed by atoms with Gasteiger partial charge in [0.25, 0.3) is 0 Å². The minimum Gasteiger partial charge on any atom is -0.388 e. The Hall–Kier alpha value is -1.93. The number of aliphatic hydroxyl groups is 1. The van der Waals surface area contributed by atoms with Crippen LogP contribution in [0.1, 0.15) is 44.3 Å². The SMILES string of the molecule is CCCCC(=O)C[C@@H](O)c1ccc(-c2ccccc2)cc1. The van der Waals surface area contributed by atoms with Crippen molar-refractivity contribution in [3.8, 4) is 11.1 Å². The molecule has 0 fully saturated rings. The molecule has 2 aromatic rings. The van der Waals surface area contributed by atoms with Crippen LogP contribution in [0.2, 0.25) is 0 Å². The molecule has 0 bridgehead atoms. The van der Waals surface area contributed by atoms with Crippen LogP contribution in [0.15, 0.2) is 54.6 Å². The van der Waals surface area contributed by atoms with Gasteiger partial charge >= 0.3 is 0 Å². The van der Waals surface area contributed by atoms with Gasteiger partial charge in [-0.05, 0) is 23.1 Å². The molecule has 2 heteroatoms. The summed E-state index contributed by atoms with van der Waals surface area (Å²) in [7, 11) is 0. The fourth-order valence-electron chi connectivity index (χ4n) is 2.34. The van der Waals surface area contributed by atoms with E-state index in [0.29, 0.717) is 6.42 Å². The number of ketones is 1. The van der Waals surface area contributed by atoms with Crippen molar-refractivity contribution >= 4 is 5.78 Å². The number of benzene rings is 2. The average molecular weight is 282 g/mol. The highest BCUT2D eigenvalue weighted by Crippen LogP contribution is 2.23. The molecule has 2 rings (SSSR count). The number of rotatable bonds is 7. The van der Waals surface area contributed by atoms with Crippen LogP contribution in [0.25, 0.3) is 11.1 Å². The summed E-state index contributed by atoms with van der Waals surface area (Å²) in [5, 5.41) is 10.1. The van der Waals surface area contributed by atoms with E-state index in [0.717, 1.165) is 29.5 Å². The highest BCUT2D eigenvalue weighted by molar-refractivity contribution is 5.79. The molecule has 0 aliphatic heterocycles. The Labute approximate surface area is 126 Å². The predicted octanol–water partition coefficient (Wildman–Crippen LogP) is 4.54. The van der Waals surface area contributed by atoms with Crippen LogP contribution in [-0.4, -0.2) is 10.9 Å². The van der Waals surface area contributed by atoms with Gasteiger partial charge in [0.05, 0.1) is 6.10 Å². The zero-order valence-electron chi connectivity index (χ0n) is 12.5. The third-order valence-electron chi connectivity index (χ3n) is 3.63. The van der Waals surface area contributed by atoms with E-state index in [9.17, 15) is 9.90 Å². The maximum Gasteiger partial charge on any atom is 0.135 e. The molecule has 0 aromatic heterocycles. The topological polar surface area (TPSA) is 37.3 Å². The Morgan fingerprint density at radius 3 is 2.24 bits per heavy atom. The zero-order valence-corrected chi connectivity index (χ0v) is 12.5. The van der Waals surface area contributed by atoms with Crippen LogP contribution in [0, 0.1) is 0 Å². The lowest BCUT2D eigenvalue weighted by Crippen LogP contribution is -2.06. The van der Waals surface area contributed by atoms with Crippen LogP contribution < -0.4 is 0 Å². The molecule has 0 saturated carbocycles. The maximum atomic E-state index is 11.7. The molecule has 110 valence electrons. The smallest absolute Gasteiger partial charge is 0.135 e. The second-order valence-corrected chi connectivity index (χ2v) is 5.35. The first-order chi connectivity index (χ1) is 10.2. The van der Waals surface area contributed by atoms with Gasteiger partial charge in [0.15, 0.2) is 0 Å². The van der Waals surface area contributed by atoms with E-state index in [1.54, 1.807) is 0 Å². The molecule has 0 aliphatic carbocycles. The van der Waals surface area contributed by atoms with Gasteiger partial charge in [-0.1, -0.05) is 67.9 Å². The molecule has 0 spiro atoms. The number of hydrogen-bond acceptors (Lipinski definition) is 2. The van der Waals surface area contributed by atoms with E-state index >= 15 is 0 Å². The summed E-state index contributed by atoms with van der Waals surface area (Å²) >= 11 is 0. The van der Waals surface area contributed by atoms with Gasteiger partial charge in [-0.3, -0.25) is 4.79 Å². The van der Waals surface area contributed by atoms with Crippen LogP contribution in [0.4, 0.5) is 0 Å². The maximum absolute atomic E-state index is 11.7. The number of hydrogen-bond donors (Lipinski definition) is 1. The zero-order chi connectivity index (χ0) is 15.1. The van der Waals surface area contributed by atoms with E-state index in [4.69, 9.17) is 0 Å². The van der Waals surface area contributed by atoms with Crippen molar-refractivity contribution in [3.05, 3.63) is 60.2 Å². The molecule has 0 amide bonds. The summed E-state index contributed by atoms with van der Waals surface area (Å²) < 4.78 is 0. The highest BCUT2D eigenvalue weighted by atomic mass is 16.3. The molecule has 0 unspecified atom stereocenters. The first-order valence-corrected chi connectivity index (χ1v) is 7.56. The predicted molar refractivity (Wildman–Crippen MR) is 86.0 cm³/mol. The molecule has 0 aliphatic rings. The Kier molecular flexibility index (Phi) is 5.70. The minimum absolute atomic E-state index is 0.136. The average Bonchev–Trinajstić information content (AvgIpc) is 2.54. The second-order valence-electron chi connectivity index (χ2n) is 5.35. The highest BCUT2D eigenvalue weighted by Gasteiger charge is 2.12. The number of carbonyl (C=O) groups is 1. The Bertz CT molecular complexity index is 558. The number of carbonyl (C=O) groups excluding carboxylic acids is 1. The van der Waals surface area contributed by atoms with Gasteiger partial charge in [0, 0.05) is 12.8 Å². The van der Waals surface area contributed by atoms with Crippen molar-refractivity contribution in [2.45, 2.75) is 38.7 Å². The van der Waals surface area contributed by atoms with Gasteiger partial charge in [-0.25, -0.2) is 0 Å². The van der Waals surface area contributed by atoms with E-state index < -0.39 is 6.10 Å². The summed E-state index contributed by atoms with van der Waals surface area (Å²) in [6.45, 7) is 2.06. The Balaban J connectivity index is 2.00. The third kappa shape index (κ3) is 4.54. The molecule has 2 aromatic carbocycles. The largest absolute Gasteiger partial charge is 0.388 e. The third-order valence-corrected chi connectivity index (χ3v) is 3.63. The molecular weight excluding hydrogens is 260 g/mol. The van der Waals surface area contributed by atoms with Gasteiger partial charge < -0.3 is 5.11 Å². The van der Waals surface area contributed by atoms with E-state index in [2.05, 4.69) is 19.1 Å². The van der Waals surface area contributed by atoms with Crippen LogP contribution in [-0.2, 0) is 4.79 Å². The molecule has 0 saturated heterocycles. The van der Waals surface area contributed by atoms with Gasteiger partial charge in [0.1, 0.15) is 5.78 Å². The molecule has 1 atom stereocenters. The van der Waals surface area contributed by atoms with Gasteiger partial charge in [-0.2, -0.15) is 0 Å². The summed E-state index contributed by atoms with van der Waals surface area (Å²) in [6, 6.07) is 17.9. The standard InChI is InChI=1S/C19H22O2/c1-2-3-9-18(20)14-19(21)17-12-10-16(11-13-17)15-7-5-4-6-8-15/h4-8,10-13,19,21H,2-3,9,14H2,1H3/t19-/m1/s1. The molecule has 1 N–H and O–H groups in total. The fourth-order valence-corrected chi connectivity index (χ4v) is 2.34. The number of aliphatic hydroxyl groups excluding tert-OH is 1. The van der Waals surface area contributed by atoms with E-state index in [1.807, 2.05) is 42.5 Å². The Morgan fingerprint density at radius 2 is 1.62 bits per heavy atom. The van der Waals surface area contributed by atoms with E-state index in [1.165, 1.54) is 0 Å². The normalized spacial score (nSPS) is 12.1. The summed E-state index contributed by atoms with van der Waals surface area (Å²) in [5.74, 6) is 0.136. The molecule has 0 radical (unpaired) electrons. The van der Waals surface area contributed by atoms with Crippen molar-refractivity contribution in [2.24, 2.45) is 0 Å². The lowest BCUT2D eigenvalue weighted by atomic mass is 9.98. The number of unbranched alkanes of at least 4 members (excludes halogenated alkanes) is 1. The molecule has 21 heavy (non-hydrogen) atoms. The lowest BCUT2D eigenvalue weighted by molar-refractivity contribution is -0.121.